The summed E-state index contributed by atoms with van der Waals surface area (Å²) in [5, 5.41) is 9.25. The summed E-state index contributed by atoms with van der Waals surface area (Å²) in [7, 11) is 1.49. The summed E-state index contributed by atoms with van der Waals surface area (Å²) in [6, 6.07) is 8.89. The zero-order valence-electron chi connectivity index (χ0n) is 14.8. The summed E-state index contributed by atoms with van der Waals surface area (Å²) in [4.78, 5) is 24.8. The number of methoxy groups -OCH3 is 1. The van der Waals surface area contributed by atoms with Crippen LogP contribution in [0.3, 0.4) is 0 Å². The molecule has 10 heteroatoms. The van der Waals surface area contributed by atoms with Crippen LogP contribution < -0.4 is 26.4 Å². The van der Waals surface area contributed by atoms with E-state index in [0.717, 1.165) is 5.56 Å². The Morgan fingerprint density at radius 1 is 1.18 bits per heavy atom. The van der Waals surface area contributed by atoms with E-state index in [1.807, 2.05) is 12.1 Å². The first-order valence-electron chi connectivity index (χ1n) is 8.32. The number of nitrogens with two attached hydrogens (primary N) is 1. The average molecular weight is 398 g/mol. The topological polar surface area (TPSA) is 127 Å². The standard InChI is InChI=1S/C18H16ClN7O2/c1-28-17-12(5-6-13(20)25-17)24-18-22-8-10(19)15(26-18)23-11-4-2-3-9-7-21-16(27)14(9)11/h2-6,8H,7H2,1H3,(H2,20,25)(H,21,27)(H2,22,23,24,26). The van der Waals surface area contributed by atoms with E-state index in [9.17, 15) is 4.79 Å². The van der Waals surface area contributed by atoms with Crippen LogP contribution in [0.5, 0.6) is 5.88 Å². The van der Waals surface area contributed by atoms with Crippen LogP contribution in [-0.4, -0.2) is 28.0 Å². The normalized spacial score (nSPS) is 12.3. The number of ether oxygens (including phenoxy) is 1. The first kappa shape index (κ1) is 17.8. The molecule has 2 aromatic heterocycles. The Labute approximate surface area is 165 Å². The number of carbonyl (C=O) groups is 1. The van der Waals surface area contributed by atoms with E-state index >= 15 is 0 Å². The molecular formula is C18H16ClN7O2. The van der Waals surface area contributed by atoms with Crippen LogP contribution in [0.1, 0.15) is 15.9 Å². The van der Waals surface area contributed by atoms with Gasteiger partial charge in [0.1, 0.15) is 16.5 Å². The highest BCUT2D eigenvalue weighted by molar-refractivity contribution is 6.33. The quantitative estimate of drug-likeness (QED) is 0.517. The van der Waals surface area contributed by atoms with E-state index in [4.69, 9.17) is 22.1 Å². The summed E-state index contributed by atoms with van der Waals surface area (Å²) >= 11 is 6.25. The molecule has 0 fully saturated rings. The Kier molecular flexibility index (Phi) is 4.58. The number of hydrogen-bond acceptors (Lipinski definition) is 8. The molecule has 3 heterocycles. The molecule has 4 rings (SSSR count). The third kappa shape index (κ3) is 3.35. The van der Waals surface area contributed by atoms with E-state index in [1.54, 1.807) is 18.2 Å². The molecule has 0 atom stereocenters. The second-order valence-electron chi connectivity index (χ2n) is 5.96. The first-order chi connectivity index (χ1) is 13.5. The second-order valence-corrected chi connectivity index (χ2v) is 6.36. The molecule has 0 bridgehead atoms. The maximum atomic E-state index is 12.1. The molecule has 1 aliphatic heterocycles. The van der Waals surface area contributed by atoms with Gasteiger partial charge in [-0.1, -0.05) is 23.7 Å². The first-order valence-corrected chi connectivity index (χ1v) is 8.70. The number of nitrogen functional groups attached to an aromatic ring is 1. The van der Waals surface area contributed by atoms with Crippen LogP contribution in [0.15, 0.2) is 36.5 Å². The molecule has 0 unspecified atom stereocenters. The van der Waals surface area contributed by atoms with Crippen molar-refractivity contribution in [2.24, 2.45) is 0 Å². The number of benzene rings is 1. The lowest BCUT2D eigenvalue weighted by atomic mass is 10.1. The summed E-state index contributed by atoms with van der Waals surface area (Å²) in [5.41, 5.74) is 8.33. The van der Waals surface area contributed by atoms with Crippen LogP contribution in [0.25, 0.3) is 0 Å². The zero-order valence-corrected chi connectivity index (χ0v) is 15.5. The predicted octanol–water partition coefficient (Wildman–Crippen LogP) is 2.85. The maximum Gasteiger partial charge on any atom is 0.254 e. The summed E-state index contributed by atoms with van der Waals surface area (Å²) in [6.45, 7) is 0.498. The lowest BCUT2D eigenvalue weighted by Gasteiger charge is -2.13. The Morgan fingerprint density at radius 3 is 2.86 bits per heavy atom. The van der Waals surface area contributed by atoms with Crippen molar-refractivity contribution in [2.45, 2.75) is 6.54 Å². The minimum absolute atomic E-state index is 0.140. The van der Waals surface area contributed by atoms with E-state index in [1.165, 1.54) is 13.3 Å². The van der Waals surface area contributed by atoms with Gasteiger partial charge < -0.3 is 26.4 Å². The molecule has 0 aliphatic carbocycles. The van der Waals surface area contributed by atoms with Gasteiger partial charge in [0.25, 0.3) is 5.91 Å². The lowest BCUT2D eigenvalue weighted by molar-refractivity contribution is 0.0966. The number of halogens is 1. The number of amides is 1. The Bertz CT molecular complexity index is 1070. The third-order valence-electron chi connectivity index (χ3n) is 4.14. The molecule has 0 saturated heterocycles. The molecule has 1 amide bonds. The van der Waals surface area contributed by atoms with Crippen molar-refractivity contribution in [1.82, 2.24) is 20.3 Å². The summed E-state index contributed by atoms with van der Waals surface area (Å²) < 4.78 is 5.21. The molecular weight excluding hydrogens is 382 g/mol. The Balaban J connectivity index is 1.64. The number of pyridine rings is 1. The number of anilines is 5. The molecule has 1 aliphatic rings. The fourth-order valence-corrected chi connectivity index (χ4v) is 2.99. The van der Waals surface area contributed by atoms with Gasteiger partial charge in [0.15, 0.2) is 5.82 Å². The van der Waals surface area contributed by atoms with Crippen LogP contribution in [0.4, 0.5) is 29.0 Å². The van der Waals surface area contributed by atoms with Gasteiger partial charge in [-0.15, -0.1) is 0 Å². The number of nitrogens with one attached hydrogen (secondary N) is 3. The van der Waals surface area contributed by atoms with Crippen LogP contribution >= 0.6 is 11.6 Å². The molecule has 5 N–H and O–H groups in total. The Hall–Kier alpha value is -3.59. The lowest BCUT2D eigenvalue weighted by Crippen LogP contribution is -2.13. The van der Waals surface area contributed by atoms with Gasteiger partial charge >= 0.3 is 0 Å². The molecule has 1 aromatic carbocycles. The highest BCUT2D eigenvalue weighted by Crippen LogP contribution is 2.31. The van der Waals surface area contributed by atoms with Crippen molar-refractivity contribution in [2.75, 3.05) is 23.5 Å². The fraction of sp³-hybridized carbons (Fsp3) is 0.111. The highest BCUT2D eigenvalue weighted by atomic mass is 35.5. The van der Waals surface area contributed by atoms with Gasteiger partial charge in [0.2, 0.25) is 11.8 Å². The minimum atomic E-state index is -0.140. The largest absolute Gasteiger partial charge is 0.479 e. The van der Waals surface area contributed by atoms with Crippen LogP contribution in [-0.2, 0) is 6.54 Å². The molecule has 142 valence electrons. The van der Waals surface area contributed by atoms with Crippen molar-refractivity contribution < 1.29 is 9.53 Å². The number of carbonyl (C=O) groups excluding carboxylic acids is 1. The van der Waals surface area contributed by atoms with Gasteiger partial charge in [0.05, 0.1) is 24.6 Å². The molecule has 0 spiro atoms. The smallest absolute Gasteiger partial charge is 0.254 e. The number of rotatable bonds is 5. The molecule has 28 heavy (non-hydrogen) atoms. The molecule has 3 aromatic rings. The van der Waals surface area contributed by atoms with Crippen molar-refractivity contribution in [1.29, 1.82) is 0 Å². The van der Waals surface area contributed by atoms with Gasteiger partial charge in [-0.2, -0.15) is 9.97 Å². The van der Waals surface area contributed by atoms with Gasteiger partial charge in [-0.3, -0.25) is 4.79 Å². The molecule has 9 nitrogen and oxygen atoms in total. The number of nitrogens with zero attached hydrogens (tertiary/aromatic N) is 3. The number of hydrogen-bond donors (Lipinski definition) is 4. The molecule has 0 saturated carbocycles. The second kappa shape index (κ2) is 7.20. The van der Waals surface area contributed by atoms with Crippen molar-refractivity contribution in [3.63, 3.8) is 0 Å². The monoisotopic (exact) mass is 397 g/mol. The van der Waals surface area contributed by atoms with E-state index < -0.39 is 0 Å². The van der Waals surface area contributed by atoms with Gasteiger partial charge in [-0.05, 0) is 23.8 Å². The zero-order chi connectivity index (χ0) is 19.7. The number of fused-ring (bicyclic) bond motifs is 1. The van der Waals surface area contributed by atoms with Gasteiger partial charge in [0, 0.05) is 6.54 Å². The predicted molar refractivity (Wildman–Crippen MR) is 106 cm³/mol. The molecule has 0 radical (unpaired) electrons. The van der Waals surface area contributed by atoms with Gasteiger partial charge in [-0.25, -0.2) is 4.98 Å². The fourth-order valence-electron chi connectivity index (χ4n) is 2.85. The van der Waals surface area contributed by atoms with Crippen LogP contribution in [0, 0.1) is 0 Å². The SMILES string of the molecule is COc1nc(N)ccc1Nc1ncc(Cl)c(Nc2cccc3c2C(=O)NC3)n1. The van der Waals surface area contributed by atoms with Crippen molar-refractivity contribution in [3.05, 3.63) is 52.7 Å². The average Bonchev–Trinajstić information content (AvgIpc) is 3.08. The maximum absolute atomic E-state index is 12.1. The van der Waals surface area contributed by atoms with E-state index in [0.29, 0.717) is 46.0 Å². The number of aromatic nitrogens is 3. The summed E-state index contributed by atoms with van der Waals surface area (Å²) in [6.07, 6.45) is 1.46. The highest BCUT2D eigenvalue weighted by Gasteiger charge is 2.23. The minimum Gasteiger partial charge on any atom is -0.479 e. The van der Waals surface area contributed by atoms with Crippen LogP contribution in [0.2, 0.25) is 5.02 Å². The van der Waals surface area contributed by atoms with E-state index in [2.05, 4.69) is 30.9 Å². The van der Waals surface area contributed by atoms with Crippen molar-refractivity contribution >= 4 is 46.5 Å². The summed E-state index contributed by atoms with van der Waals surface area (Å²) in [5.74, 6) is 1.13. The van der Waals surface area contributed by atoms with E-state index in [-0.39, 0.29) is 11.9 Å². The van der Waals surface area contributed by atoms with Crippen molar-refractivity contribution in [3.8, 4) is 5.88 Å². The Morgan fingerprint density at radius 2 is 2.04 bits per heavy atom. The third-order valence-corrected chi connectivity index (χ3v) is 4.41.